The fourth-order valence-electron chi connectivity index (χ4n) is 3.59. The lowest BCUT2D eigenvalue weighted by Crippen LogP contribution is -2.51. The van der Waals surface area contributed by atoms with Crippen LogP contribution in [-0.2, 0) is 4.79 Å². The van der Waals surface area contributed by atoms with Gasteiger partial charge in [-0.2, -0.15) is 5.10 Å². The fraction of sp³-hybridized carbons (Fsp3) is 0.318. The summed E-state index contributed by atoms with van der Waals surface area (Å²) < 4.78 is 7.25. The number of hydrogen-bond acceptors (Lipinski definition) is 5. The second kappa shape index (κ2) is 9.36. The number of carbonyl (C=O) groups is 2. The lowest BCUT2D eigenvalue weighted by Gasteiger charge is -2.33. The molecule has 3 aromatic rings. The highest BCUT2D eigenvalue weighted by atomic mass is 35.5. The van der Waals surface area contributed by atoms with Crippen LogP contribution in [0.25, 0.3) is 17.1 Å². The van der Waals surface area contributed by atoms with E-state index >= 15 is 0 Å². The summed E-state index contributed by atoms with van der Waals surface area (Å²) in [5, 5.41) is 8.00. The molecule has 1 N–H and O–H groups in total. The minimum atomic E-state index is -0.141. The molecule has 1 fully saturated rings. The van der Waals surface area contributed by atoms with Crippen LogP contribution in [0.5, 0.6) is 0 Å². The molecule has 0 radical (unpaired) electrons. The lowest BCUT2D eigenvalue weighted by molar-refractivity contribution is -0.122. The average molecular weight is 442 g/mol. The van der Waals surface area contributed by atoms with E-state index in [4.69, 9.17) is 16.0 Å². The highest BCUT2D eigenvalue weighted by Crippen LogP contribution is 2.26. The smallest absolute Gasteiger partial charge is 0.274 e. The van der Waals surface area contributed by atoms with E-state index in [2.05, 4.69) is 15.3 Å². The Labute approximate surface area is 185 Å². The molecule has 31 heavy (non-hydrogen) atoms. The predicted molar refractivity (Wildman–Crippen MR) is 117 cm³/mol. The van der Waals surface area contributed by atoms with Gasteiger partial charge in [-0.3, -0.25) is 14.5 Å². The topological polar surface area (TPSA) is 83.6 Å². The first-order valence-corrected chi connectivity index (χ1v) is 10.6. The molecule has 2 amide bonds. The predicted octanol–water partition coefficient (Wildman–Crippen LogP) is 2.68. The summed E-state index contributed by atoms with van der Waals surface area (Å²) in [7, 11) is 0. The minimum Gasteiger partial charge on any atom is -0.463 e. The third-order valence-electron chi connectivity index (χ3n) is 5.17. The molecular weight excluding hydrogens is 418 g/mol. The molecule has 0 unspecified atom stereocenters. The number of rotatable bonds is 6. The summed E-state index contributed by atoms with van der Waals surface area (Å²) in [6.45, 7) is 5.24. The van der Waals surface area contributed by atoms with Gasteiger partial charge in [-0.15, -0.1) is 0 Å². The maximum atomic E-state index is 13.2. The molecule has 3 heterocycles. The second-order valence-electron chi connectivity index (χ2n) is 7.30. The van der Waals surface area contributed by atoms with Crippen molar-refractivity contribution in [3.63, 3.8) is 0 Å². The molecule has 0 spiro atoms. The van der Waals surface area contributed by atoms with Gasteiger partial charge >= 0.3 is 0 Å². The Morgan fingerprint density at radius 2 is 1.87 bits per heavy atom. The van der Waals surface area contributed by atoms with Crippen molar-refractivity contribution in [3.8, 4) is 17.1 Å². The zero-order valence-corrected chi connectivity index (χ0v) is 18.0. The molecule has 2 aromatic heterocycles. The molecule has 162 valence electrons. The van der Waals surface area contributed by atoms with Gasteiger partial charge in [0.25, 0.3) is 5.91 Å². The van der Waals surface area contributed by atoms with Gasteiger partial charge < -0.3 is 14.6 Å². The molecule has 1 aliphatic rings. The molecule has 1 aromatic carbocycles. The van der Waals surface area contributed by atoms with Crippen LogP contribution in [0.4, 0.5) is 0 Å². The van der Waals surface area contributed by atoms with Gasteiger partial charge in [0.15, 0.2) is 11.5 Å². The summed E-state index contributed by atoms with van der Waals surface area (Å²) in [6.07, 6.45) is 1.59. The SMILES string of the molecule is CCNC(=O)CN1CCN(C(=O)c2cc(-c3ccco3)n(-c3ccc(Cl)cc3)n2)CC1. The maximum Gasteiger partial charge on any atom is 0.274 e. The van der Waals surface area contributed by atoms with Crippen LogP contribution in [0, 0.1) is 0 Å². The summed E-state index contributed by atoms with van der Waals surface area (Å²) in [5.74, 6) is 0.485. The van der Waals surface area contributed by atoms with Crippen LogP contribution in [0.3, 0.4) is 0 Å². The number of aromatic nitrogens is 2. The van der Waals surface area contributed by atoms with Crippen LogP contribution in [0.15, 0.2) is 53.1 Å². The maximum absolute atomic E-state index is 13.2. The van der Waals surface area contributed by atoms with E-state index in [0.717, 1.165) is 5.69 Å². The molecule has 8 nitrogen and oxygen atoms in total. The van der Waals surface area contributed by atoms with Gasteiger partial charge in [0.05, 0.1) is 18.5 Å². The van der Waals surface area contributed by atoms with E-state index in [1.807, 2.05) is 25.1 Å². The first-order valence-electron chi connectivity index (χ1n) is 10.2. The molecule has 0 atom stereocenters. The number of furan rings is 1. The van der Waals surface area contributed by atoms with E-state index in [0.29, 0.717) is 61.4 Å². The number of likely N-dealkylation sites (N-methyl/N-ethyl adjacent to an activating group) is 1. The third-order valence-corrected chi connectivity index (χ3v) is 5.43. The zero-order chi connectivity index (χ0) is 21.8. The van der Waals surface area contributed by atoms with Gasteiger partial charge in [0, 0.05) is 43.8 Å². The normalized spacial score (nSPS) is 14.6. The number of nitrogens with zero attached hydrogens (tertiary/aromatic N) is 4. The summed E-state index contributed by atoms with van der Waals surface area (Å²) in [5.41, 5.74) is 1.81. The van der Waals surface area contributed by atoms with Crippen molar-refractivity contribution in [2.45, 2.75) is 6.92 Å². The first kappa shape index (κ1) is 21.1. The number of amides is 2. The second-order valence-corrected chi connectivity index (χ2v) is 7.74. The van der Waals surface area contributed by atoms with Crippen molar-refractivity contribution >= 4 is 23.4 Å². The number of halogens is 1. The van der Waals surface area contributed by atoms with Crippen LogP contribution < -0.4 is 5.32 Å². The molecule has 4 rings (SSSR count). The van der Waals surface area contributed by atoms with E-state index < -0.39 is 0 Å². The monoisotopic (exact) mass is 441 g/mol. The summed E-state index contributed by atoms with van der Waals surface area (Å²) in [4.78, 5) is 28.8. The first-order chi connectivity index (χ1) is 15.0. The Kier molecular flexibility index (Phi) is 6.39. The van der Waals surface area contributed by atoms with Crippen molar-refractivity contribution < 1.29 is 14.0 Å². The number of carbonyl (C=O) groups excluding carboxylic acids is 2. The van der Waals surface area contributed by atoms with Crippen molar-refractivity contribution in [2.24, 2.45) is 0 Å². The quantitative estimate of drug-likeness (QED) is 0.635. The highest BCUT2D eigenvalue weighted by molar-refractivity contribution is 6.30. The Bertz CT molecular complexity index is 1040. The van der Waals surface area contributed by atoms with E-state index in [-0.39, 0.29) is 11.8 Å². The highest BCUT2D eigenvalue weighted by Gasteiger charge is 2.26. The minimum absolute atomic E-state index is 0.00655. The average Bonchev–Trinajstić information content (AvgIpc) is 3.44. The number of piperazine rings is 1. The molecule has 0 saturated carbocycles. The summed E-state index contributed by atoms with van der Waals surface area (Å²) in [6, 6.07) is 12.6. The molecule has 1 saturated heterocycles. The van der Waals surface area contributed by atoms with Crippen LogP contribution in [-0.4, -0.2) is 70.7 Å². The van der Waals surface area contributed by atoms with Crippen LogP contribution in [0.2, 0.25) is 5.02 Å². The van der Waals surface area contributed by atoms with Gasteiger partial charge in [0.1, 0.15) is 5.69 Å². The molecule has 1 aliphatic heterocycles. The number of hydrogen-bond donors (Lipinski definition) is 1. The molecule has 0 aliphatic carbocycles. The number of benzene rings is 1. The van der Waals surface area contributed by atoms with Crippen LogP contribution >= 0.6 is 11.6 Å². The zero-order valence-electron chi connectivity index (χ0n) is 17.3. The number of nitrogens with one attached hydrogen (secondary N) is 1. The van der Waals surface area contributed by atoms with Crippen molar-refractivity contribution in [1.29, 1.82) is 0 Å². The van der Waals surface area contributed by atoms with Crippen molar-refractivity contribution in [2.75, 3.05) is 39.3 Å². The van der Waals surface area contributed by atoms with E-state index in [1.165, 1.54) is 0 Å². The Morgan fingerprint density at radius 1 is 1.13 bits per heavy atom. The fourth-order valence-corrected chi connectivity index (χ4v) is 3.72. The van der Waals surface area contributed by atoms with Crippen molar-refractivity contribution in [3.05, 3.63) is 59.4 Å². The Morgan fingerprint density at radius 3 is 2.52 bits per heavy atom. The molecule has 0 bridgehead atoms. The lowest BCUT2D eigenvalue weighted by atomic mass is 10.2. The van der Waals surface area contributed by atoms with E-state index in [9.17, 15) is 9.59 Å². The molecular formula is C22H24ClN5O3. The third kappa shape index (κ3) is 4.81. The van der Waals surface area contributed by atoms with Crippen molar-refractivity contribution in [1.82, 2.24) is 24.9 Å². The standard InChI is InChI=1S/C22H24ClN5O3/c1-2-24-21(29)15-26-9-11-27(12-10-26)22(30)18-14-19(20-4-3-13-31-20)28(25-18)17-7-5-16(23)6-8-17/h3-8,13-14H,2,9-12,15H2,1H3,(H,24,29). The van der Waals surface area contributed by atoms with E-state index in [1.54, 1.807) is 40.1 Å². The molecule has 9 heteroatoms. The van der Waals surface area contributed by atoms with Crippen LogP contribution in [0.1, 0.15) is 17.4 Å². The summed E-state index contributed by atoms with van der Waals surface area (Å²) >= 11 is 6.02. The Hall–Kier alpha value is -3.10. The van der Waals surface area contributed by atoms with Gasteiger partial charge in [-0.25, -0.2) is 4.68 Å². The van der Waals surface area contributed by atoms with Gasteiger partial charge in [0.2, 0.25) is 5.91 Å². The largest absolute Gasteiger partial charge is 0.463 e. The van der Waals surface area contributed by atoms with Gasteiger partial charge in [-0.1, -0.05) is 11.6 Å². The Balaban J connectivity index is 1.52. The van der Waals surface area contributed by atoms with Gasteiger partial charge in [-0.05, 0) is 43.3 Å².